The first-order valence-electron chi connectivity index (χ1n) is 10.1. The number of benzene rings is 1. The number of nitrogens with one attached hydrogen (secondary N) is 1. The van der Waals surface area contributed by atoms with Crippen molar-refractivity contribution in [3.63, 3.8) is 0 Å². The lowest BCUT2D eigenvalue weighted by atomic mass is 9.78. The van der Waals surface area contributed by atoms with Crippen LogP contribution in [-0.4, -0.2) is 29.4 Å². The van der Waals surface area contributed by atoms with Gasteiger partial charge in [-0.25, -0.2) is 4.39 Å². The Morgan fingerprint density at radius 1 is 1.17 bits per heavy atom. The molecule has 162 valence electrons. The van der Waals surface area contributed by atoms with E-state index in [1.807, 2.05) is 52.8 Å². The second-order valence-electron chi connectivity index (χ2n) is 9.88. The van der Waals surface area contributed by atoms with Crippen LogP contribution < -0.4 is 10.8 Å². The largest absolute Gasteiger partial charge is 0.494 e. The summed E-state index contributed by atoms with van der Waals surface area (Å²) in [6.45, 7) is 15.6. The van der Waals surface area contributed by atoms with Gasteiger partial charge in [0.1, 0.15) is 0 Å². The average Bonchev–Trinajstić information content (AvgIpc) is 3.10. The maximum Gasteiger partial charge on any atom is 0.494 e. The molecule has 2 heterocycles. The molecule has 0 spiro atoms. The molecule has 0 aliphatic carbocycles. The zero-order chi connectivity index (χ0) is 22.5. The van der Waals surface area contributed by atoms with Crippen LogP contribution in [0.3, 0.4) is 0 Å². The normalized spacial score (nSPS) is 18.0. The Kier molecular flexibility index (Phi) is 5.62. The van der Waals surface area contributed by atoms with E-state index in [1.165, 1.54) is 0 Å². The summed E-state index contributed by atoms with van der Waals surface area (Å²) in [6.07, 6.45) is 0. The Morgan fingerprint density at radius 2 is 1.77 bits per heavy atom. The third-order valence-corrected chi connectivity index (χ3v) is 5.86. The first-order chi connectivity index (χ1) is 13.7. The summed E-state index contributed by atoms with van der Waals surface area (Å²) in [5, 5.41) is 6.33. The first-order valence-corrected chi connectivity index (χ1v) is 10.1. The number of nitrogens with zero attached hydrogens (tertiary/aromatic N) is 1. The summed E-state index contributed by atoms with van der Waals surface area (Å²) in [7, 11) is -0.447. The quantitative estimate of drug-likeness (QED) is 0.771. The van der Waals surface area contributed by atoms with E-state index in [0.717, 1.165) is 16.6 Å². The molecule has 1 aliphatic rings. The summed E-state index contributed by atoms with van der Waals surface area (Å²) in [5.74, 6) is -1.26. The lowest BCUT2D eigenvalue weighted by Gasteiger charge is -2.32. The average molecular weight is 416 g/mol. The second kappa shape index (κ2) is 7.50. The van der Waals surface area contributed by atoms with Crippen molar-refractivity contribution in [2.45, 2.75) is 78.6 Å². The minimum Gasteiger partial charge on any atom is -0.399 e. The van der Waals surface area contributed by atoms with E-state index in [1.54, 1.807) is 20.8 Å². The number of halogens is 1. The molecule has 0 saturated carbocycles. The number of aryl methyl sites for hydroxylation is 1. The Hall–Kier alpha value is -2.19. The summed E-state index contributed by atoms with van der Waals surface area (Å²) in [5.41, 5.74) is 1.07. The highest BCUT2D eigenvalue weighted by Crippen LogP contribution is 2.36. The van der Waals surface area contributed by atoms with Crippen LogP contribution in [0.1, 0.15) is 75.8 Å². The van der Waals surface area contributed by atoms with Gasteiger partial charge in [0.25, 0.3) is 5.91 Å². The van der Waals surface area contributed by atoms with Crippen LogP contribution in [0.4, 0.5) is 4.39 Å². The van der Waals surface area contributed by atoms with Crippen LogP contribution in [0, 0.1) is 12.7 Å². The molecule has 0 radical (unpaired) electrons. The van der Waals surface area contributed by atoms with Crippen molar-refractivity contribution in [3.05, 3.63) is 46.6 Å². The van der Waals surface area contributed by atoms with E-state index in [9.17, 15) is 9.18 Å². The van der Waals surface area contributed by atoms with Crippen LogP contribution in [0.25, 0.3) is 0 Å². The molecular weight excluding hydrogens is 386 g/mol. The van der Waals surface area contributed by atoms with Crippen molar-refractivity contribution < 1.29 is 23.0 Å². The minimum absolute atomic E-state index is 0.0654. The summed E-state index contributed by atoms with van der Waals surface area (Å²) < 4.78 is 31.7. The van der Waals surface area contributed by atoms with E-state index in [2.05, 4.69) is 10.5 Å². The monoisotopic (exact) mass is 416 g/mol. The van der Waals surface area contributed by atoms with Gasteiger partial charge >= 0.3 is 7.12 Å². The molecule has 2 aromatic rings. The fourth-order valence-electron chi connectivity index (χ4n) is 3.19. The van der Waals surface area contributed by atoms with Crippen LogP contribution in [0.2, 0.25) is 0 Å². The maximum absolute atomic E-state index is 14.5. The molecule has 1 aliphatic heterocycles. The van der Waals surface area contributed by atoms with Crippen LogP contribution in [0.5, 0.6) is 0 Å². The Labute approximate surface area is 177 Å². The molecular formula is C22H30BFN2O4. The molecule has 1 N–H and O–H groups in total. The van der Waals surface area contributed by atoms with Gasteiger partial charge in [0.05, 0.1) is 11.2 Å². The van der Waals surface area contributed by atoms with Crippen molar-refractivity contribution >= 4 is 18.5 Å². The molecule has 1 fully saturated rings. The van der Waals surface area contributed by atoms with Crippen molar-refractivity contribution in [2.75, 3.05) is 0 Å². The van der Waals surface area contributed by atoms with Gasteiger partial charge in [0.2, 0.25) is 5.69 Å². The van der Waals surface area contributed by atoms with E-state index in [-0.39, 0.29) is 18.0 Å². The molecule has 0 unspecified atom stereocenters. The van der Waals surface area contributed by atoms with Crippen molar-refractivity contribution in [1.82, 2.24) is 10.5 Å². The lowest BCUT2D eigenvalue weighted by Crippen LogP contribution is -2.41. The molecule has 0 atom stereocenters. The zero-order valence-electron chi connectivity index (χ0n) is 19.0. The van der Waals surface area contributed by atoms with Gasteiger partial charge in [-0.1, -0.05) is 44.1 Å². The van der Waals surface area contributed by atoms with Crippen molar-refractivity contribution in [3.8, 4) is 0 Å². The molecule has 0 bridgehead atoms. The standard InChI is InChI=1S/C22H30BFN2O4/c1-13-11-15(23-29-21(5,6)22(7,8)30-23)10-9-14(13)12-25-19(27)17-16(24)18(28-26-17)20(2,3)4/h9-11H,12H2,1-8H3,(H,25,27). The zero-order valence-corrected chi connectivity index (χ0v) is 19.0. The predicted octanol–water partition coefficient (Wildman–Crippen LogP) is 3.65. The fourth-order valence-corrected chi connectivity index (χ4v) is 3.19. The molecule has 30 heavy (non-hydrogen) atoms. The SMILES string of the molecule is Cc1cc(B2OC(C)(C)C(C)(C)O2)ccc1CNC(=O)c1noc(C(C)(C)C)c1F. The Balaban J connectivity index is 1.69. The maximum atomic E-state index is 14.5. The number of amides is 1. The fraction of sp³-hybridized carbons (Fsp3) is 0.545. The Bertz CT molecular complexity index is 947. The van der Waals surface area contributed by atoms with Gasteiger partial charge in [-0.05, 0) is 51.2 Å². The molecule has 6 nitrogen and oxygen atoms in total. The smallest absolute Gasteiger partial charge is 0.399 e. The summed E-state index contributed by atoms with van der Waals surface area (Å²) >= 11 is 0. The summed E-state index contributed by atoms with van der Waals surface area (Å²) in [6, 6.07) is 5.82. The Morgan fingerprint density at radius 3 is 2.27 bits per heavy atom. The topological polar surface area (TPSA) is 73.6 Å². The lowest BCUT2D eigenvalue weighted by molar-refractivity contribution is 0.00578. The number of rotatable bonds is 4. The molecule has 1 aromatic heterocycles. The van der Waals surface area contributed by atoms with Gasteiger partial charge in [-0.2, -0.15) is 0 Å². The van der Waals surface area contributed by atoms with Crippen molar-refractivity contribution in [2.24, 2.45) is 0 Å². The third-order valence-electron chi connectivity index (χ3n) is 5.86. The van der Waals surface area contributed by atoms with E-state index >= 15 is 0 Å². The minimum atomic E-state index is -0.715. The number of carbonyl (C=O) groups is 1. The predicted molar refractivity (Wildman–Crippen MR) is 113 cm³/mol. The highest BCUT2D eigenvalue weighted by atomic mass is 19.1. The van der Waals surface area contributed by atoms with Gasteiger partial charge in [-0.3, -0.25) is 4.79 Å². The number of hydrogen-bond acceptors (Lipinski definition) is 5. The van der Waals surface area contributed by atoms with E-state index < -0.39 is 35.5 Å². The van der Waals surface area contributed by atoms with Gasteiger partial charge in [0, 0.05) is 12.0 Å². The number of hydrogen-bond donors (Lipinski definition) is 1. The third kappa shape index (κ3) is 4.16. The highest BCUT2D eigenvalue weighted by molar-refractivity contribution is 6.62. The molecule has 1 aromatic carbocycles. The van der Waals surface area contributed by atoms with Crippen LogP contribution >= 0.6 is 0 Å². The van der Waals surface area contributed by atoms with E-state index in [4.69, 9.17) is 13.8 Å². The van der Waals surface area contributed by atoms with Gasteiger partial charge in [0.15, 0.2) is 11.6 Å². The highest BCUT2D eigenvalue weighted by Gasteiger charge is 2.51. The van der Waals surface area contributed by atoms with Crippen molar-refractivity contribution in [1.29, 1.82) is 0 Å². The van der Waals surface area contributed by atoms with Crippen LogP contribution in [0.15, 0.2) is 22.7 Å². The van der Waals surface area contributed by atoms with Crippen LogP contribution in [-0.2, 0) is 21.3 Å². The summed E-state index contributed by atoms with van der Waals surface area (Å²) in [4.78, 5) is 12.4. The molecule has 1 amide bonds. The second-order valence-corrected chi connectivity index (χ2v) is 9.88. The van der Waals surface area contributed by atoms with E-state index in [0.29, 0.717) is 0 Å². The molecule has 8 heteroatoms. The first kappa shape index (κ1) is 22.5. The molecule has 3 rings (SSSR count). The van der Waals surface area contributed by atoms with Gasteiger partial charge < -0.3 is 19.1 Å². The molecule has 1 saturated heterocycles. The number of aromatic nitrogens is 1. The number of carbonyl (C=O) groups excluding carboxylic acids is 1. The van der Waals surface area contributed by atoms with Gasteiger partial charge in [-0.15, -0.1) is 0 Å².